The van der Waals surface area contributed by atoms with E-state index < -0.39 is 0 Å². The summed E-state index contributed by atoms with van der Waals surface area (Å²) in [5, 5.41) is 3.14. The molecule has 0 spiro atoms. The van der Waals surface area contributed by atoms with Crippen LogP contribution < -0.4 is 0 Å². The highest BCUT2D eigenvalue weighted by Gasteiger charge is 2.22. The molecule has 0 unspecified atom stereocenters. The SMILES string of the molecule is c1ccc(-c2cccc(-c3nc(-c4cccc(-c5ccccc5)c4)nc(-n4c5ccccc5c5cc6c(nc54)c4ccccc4n6-c4cccc(-c5ccccc5)c4)n3)c2)cc1. The van der Waals surface area contributed by atoms with Crippen LogP contribution in [0.2, 0.25) is 0 Å². The molecule has 0 N–H and O–H groups in total. The Hall–Kier alpha value is -8.48. The molecule has 0 fully saturated rings. The van der Waals surface area contributed by atoms with Crippen molar-refractivity contribution in [3.05, 3.63) is 218 Å². The molecule has 0 atom stereocenters. The average Bonchev–Trinajstić information content (AvgIpc) is 3.86. The number of nitrogens with zero attached hydrogens (tertiary/aromatic N) is 6. The average molecular weight is 793 g/mol. The van der Waals surface area contributed by atoms with Crippen LogP contribution in [-0.2, 0) is 0 Å². The quantitative estimate of drug-likeness (QED) is 0.161. The predicted octanol–water partition coefficient (Wildman–Crippen LogP) is 13.8. The van der Waals surface area contributed by atoms with Gasteiger partial charge in [-0.25, -0.2) is 9.97 Å². The number of hydrogen-bond donors (Lipinski definition) is 0. The first kappa shape index (κ1) is 35.5. The van der Waals surface area contributed by atoms with Gasteiger partial charge in [-0.15, -0.1) is 0 Å². The van der Waals surface area contributed by atoms with Gasteiger partial charge in [0, 0.05) is 33.0 Å². The van der Waals surface area contributed by atoms with Gasteiger partial charge in [-0.3, -0.25) is 4.57 Å². The van der Waals surface area contributed by atoms with E-state index in [0.717, 1.165) is 88.5 Å². The van der Waals surface area contributed by atoms with Gasteiger partial charge in [0.15, 0.2) is 11.6 Å². The van der Waals surface area contributed by atoms with Crippen LogP contribution in [0.4, 0.5) is 0 Å². The molecule has 0 saturated heterocycles. The second-order valence-corrected chi connectivity index (χ2v) is 15.5. The van der Waals surface area contributed by atoms with Crippen molar-refractivity contribution in [2.45, 2.75) is 0 Å². The molecule has 12 rings (SSSR count). The fourth-order valence-corrected chi connectivity index (χ4v) is 8.84. The van der Waals surface area contributed by atoms with E-state index in [1.54, 1.807) is 0 Å². The number of hydrogen-bond acceptors (Lipinski definition) is 4. The van der Waals surface area contributed by atoms with Crippen LogP contribution in [0.15, 0.2) is 218 Å². The predicted molar refractivity (Wildman–Crippen MR) is 253 cm³/mol. The van der Waals surface area contributed by atoms with E-state index in [-0.39, 0.29) is 0 Å². The second kappa shape index (κ2) is 14.7. The fourth-order valence-electron chi connectivity index (χ4n) is 8.84. The highest BCUT2D eigenvalue weighted by molar-refractivity contribution is 6.15. The van der Waals surface area contributed by atoms with Crippen molar-refractivity contribution in [1.29, 1.82) is 0 Å². The minimum atomic E-state index is 0.498. The van der Waals surface area contributed by atoms with Gasteiger partial charge in [-0.2, -0.15) is 9.97 Å². The maximum Gasteiger partial charge on any atom is 0.240 e. The zero-order valence-electron chi connectivity index (χ0n) is 33.5. The van der Waals surface area contributed by atoms with E-state index in [4.69, 9.17) is 19.9 Å². The normalized spacial score (nSPS) is 11.5. The number of rotatable bonds is 7. The molecule has 12 aromatic rings. The Morgan fingerprint density at radius 2 is 0.726 bits per heavy atom. The molecule has 0 aliphatic heterocycles. The molecular weight excluding hydrogens is 757 g/mol. The lowest BCUT2D eigenvalue weighted by Gasteiger charge is -2.12. The standard InChI is InChI=1S/C56H36N6/c1-4-17-37(18-5-1)40-23-14-26-43(33-40)53-58-54(44-27-15-24-41(34-44)38-19-6-2-7-20-38)60-56(59-53)62-49-31-12-10-29-46(49)48-36-51-52(57-55(48)62)47-30-11-13-32-50(47)61(51)45-28-16-25-42(35-45)39-21-8-3-9-22-39/h1-36H. The zero-order chi connectivity index (χ0) is 41.0. The lowest BCUT2D eigenvalue weighted by atomic mass is 10.0. The monoisotopic (exact) mass is 792 g/mol. The molecule has 6 nitrogen and oxygen atoms in total. The number of aromatic nitrogens is 6. The molecule has 4 heterocycles. The van der Waals surface area contributed by atoms with E-state index in [2.05, 4.69) is 215 Å². The Morgan fingerprint density at radius 3 is 1.31 bits per heavy atom. The van der Waals surface area contributed by atoms with Crippen molar-refractivity contribution in [1.82, 2.24) is 29.1 Å². The van der Waals surface area contributed by atoms with Crippen LogP contribution in [0, 0.1) is 0 Å². The molecule has 0 bridgehead atoms. The van der Waals surface area contributed by atoms with Crippen LogP contribution in [0.25, 0.3) is 112 Å². The fraction of sp³-hybridized carbons (Fsp3) is 0. The summed E-state index contributed by atoms with van der Waals surface area (Å²) >= 11 is 0. The Bertz CT molecular complexity index is 3530. The highest BCUT2D eigenvalue weighted by atomic mass is 15.2. The molecular formula is C56H36N6. The molecule has 290 valence electrons. The van der Waals surface area contributed by atoms with Crippen molar-refractivity contribution in [3.8, 4) is 67.8 Å². The van der Waals surface area contributed by atoms with Crippen LogP contribution in [-0.4, -0.2) is 29.1 Å². The first-order valence-corrected chi connectivity index (χ1v) is 20.8. The zero-order valence-corrected chi connectivity index (χ0v) is 33.5. The number of pyridine rings is 1. The van der Waals surface area contributed by atoms with Gasteiger partial charge >= 0.3 is 0 Å². The summed E-state index contributed by atoms with van der Waals surface area (Å²) in [5.74, 6) is 1.65. The maximum atomic E-state index is 5.60. The summed E-state index contributed by atoms with van der Waals surface area (Å²) in [5.41, 5.74) is 14.4. The summed E-state index contributed by atoms with van der Waals surface area (Å²) in [6, 6.07) is 76.3. The van der Waals surface area contributed by atoms with Gasteiger partial charge in [0.25, 0.3) is 0 Å². The highest BCUT2D eigenvalue weighted by Crippen LogP contribution is 2.39. The van der Waals surface area contributed by atoms with Crippen molar-refractivity contribution in [3.63, 3.8) is 0 Å². The third-order valence-corrected chi connectivity index (χ3v) is 11.8. The molecule has 6 heteroatoms. The van der Waals surface area contributed by atoms with Crippen molar-refractivity contribution >= 4 is 43.9 Å². The summed E-state index contributed by atoms with van der Waals surface area (Å²) in [7, 11) is 0. The molecule has 0 aliphatic carbocycles. The van der Waals surface area contributed by atoms with E-state index in [1.165, 1.54) is 5.56 Å². The molecule has 0 amide bonds. The molecule has 4 aromatic heterocycles. The lowest BCUT2D eigenvalue weighted by molar-refractivity contribution is 0.946. The molecule has 8 aromatic carbocycles. The van der Waals surface area contributed by atoms with Gasteiger partial charge in [0.1, 0.15) is 5.65 Å². The minimum Gasteiger partial charge on any atom is -0.308 e. The minimum absolute atomic E-state index is 0.498. The largest absolute Gasteiger partial charge is 0.308 e. The molecule has 0 saturated carbocycles. The summed E-state index contributed by atoms with van der Waals surface area (Å²) < 4.78 is 4.46. The molecule has 62 heavy (non-hydrogen) atoms. The van der Waals surface area contributed by atoms with Crippen molar-refractivity contribution in [2.75, 3.05) is 0 Å². The summed E-state index contributed by atoms with van der Waals surface area (Å²) in [4.78, 5) is 21.4. The van der Waals surface area contributed by atoms with E-state index >= 15 is 0 Å². The first-order chi connectivity index (χ1) is 30.7. The Labute approximate surface area is 357 Å². The van der Waals surface area contributed by atoms with Crippen LogP contribution in [0.3, 0.4) is 0 Å². The van der Waals surface area contributed by atoms with Gasteiger partial charge in [-0.05, 0) is 75.8 Å². The van der Waals surface area contributed by atoms with Crippen LogP contribution in [0.5, 0.6) is 0 Å². The van der Waals surface area contributed by atoms with Gasteiger partial charge in [-0.1, -0.05) is 176 Å². The number of fused-ring (bicyclic) bond motifs is 6. The van der Waals surface area contributed by atoms with Crippen LogP contribution in [0.1, 0.15) is 0 Å². The maximum absolute atomic E-state index is 5.60. The van der Waals surface area contributed by atoms with Crippen molar-refractivity contribution < 1.29 is 0 Å². The Morgan fingerprint density at radius 1 is 0.274 bits per heavy atom. The van der Waals surface area contributed by atoms with E-state index in [1.807, 2.05) is 12.1 Å². The van der Waals surface area contributed by atoms with Gasteiger partial charge in [0.05, 0.1) is 22.1 Å². The van der Waals surface area contributed by atoms with Crippen LogP contribution >= 0.6 is 0 Å². The molecule has 0 aliphatic rings. The van der Waals surface area contributed by atoms with Gasteiger partial charge in [0.2, 0.25) is 5.95 Å². The lowest BCUT2D eigenvalue weighted by Crippen LogP contribution is -2.07. The number of para-hydroxylation sites is 2. The van der Waals surface area contributed by atoms with E-state index in [9.17, 15) is 0 Å². The summed E-state index contributed by atoms with van der Waals surface area (Å²) in [6.07, 6.45) is 0. The topological polar surface area (TPSA) is 61.4 Å². The number of benzene rings is 8. The second-order valence-electron chi connectivity index (χ2n) is 15.5. The van der Waals surface area contributed by atoms with Crippen molar-refractivity contribution in [2.24, 2.45) is 0 Å². The summed E-state index contributed by atoms with van der Waals surface area (Å²) in [6.45, 7) is 0. The smallest absolute Gasteiger partial charge is 0.240 e. The Kier molecular flexibility index (Phi) is 8.38. The molecule has 0 radical (unpaired) electrons. The third-order valence-electron chi connectivity index (χ3n) is 11.8. The van der Waals surface area contributed by atoms with Gasteiger partial charge < -0.3 is 4.57 Å². The third kappa shape index (κ3) is 6.04. The van der Waals surface area contributed by atoms with E-state index in [0.29, 0.717) is 17.6 Å². The first-order valence-electron chi connectivity index (χ1n) is 20.8. The Balaban J connectivity index is 1.11.